The van der Waals surface area contributed by atoms with Gasteiger partial charge in [-0.15, -0.1) is 0 Å². The zero-order valence-corrected chi connectivity index (χ0v) is 12.9. The molecule has 1 aromatic carbocycles. The zero-order valence-electron chi connectivity index (χ0n) is 12.9. The molecule has 0 amide bonds. The van der Waals surface area contributed by atoms with E-state index in [0.29, 0.717) is 0 Å². The third-order valence-corrected chi connectivity index (χ3v) is 3.69. The number of rotatable bonds is 4. The number of pyridine rings is 1. The summed E-state index contributed by atoms with van der Waals surface area (Å²) in [5.74, 6) is 0. The smallest absolute Gasteiger partial charge is 0.137 e. The fourth-order valence-corrected chi connectivity index (χ4v) is 2.60. The Balaban J connectivity index is 2.00. The van der Waals surface area contributed by atoms with Crippen molar-refractivity contribution >= 4 is 11.3 Å². The zero-order chi connectivity index (χ0) is 14.8. The van der Waals surface area contributed by atoms with Crippen LogP contribution >= 0.6 is 0 Å². The first-order chi connectivity index (χ1) is 10.2. The molecular weight excluding hydrogens is 258 g/mol. The van der Waals surface area contributed by atoms with E-state index in [1.807, 2.05) is 0 Å². The van der Waals surface area contributed by atoms with E-state index in [1.165, 1.54) is 16.7 Å². The number of nitrogens with one attached hydrogen (secondary N) is 1. The Labute approximate surface area is 125 Å². The van der Waals surface area contributed by atoms with Crippen molar-refractivity contribution in [1.82, 2.24) is 9.38 Å². The molecular formula is C18H21N3. The summed E-state index contributed by atoms with van der Waals surface area (Å²) in [5, 5.41) is 3.41. The van der Waals surface area contributed by atoms with Gasteiger partial charge in [-0.05, 0) is 38.0 Å². The van der Waals surface area contributed by atoms with Gasteiger partial charge in [-0.2, -0.15) is 0 Å². The quantitative estimate of drug-likeness (QED) is 0.765. The highest BCUT2D eigenvalue weighted by Crippen LogP contribution is 2.24. The highest BCUT2D eigenvalue weighted by Gasteiger charge is 2.07. The number of aryl methyl sites for hydroxylation is 2. The fourth-order valence-electron chi connectivity index (χ4n) is 2.60. The Hall–Kier alpha value is -2.29. The molecule has 21 heavy (non-hydrogen) atoms. The lowest BCUT2D eigenvalue weighted by molar-refractivity contribution is 0.976. The molecule has 0 aliphatic heterocycles. The van der Waals surface area contributed by atoms with Crippen LogP contribution in [0.3, 0.4) is 0 Å². The summed E-state index contributed by atoms with van der Waals surface area (Å²) < 4.78 is 2.09. The van der Waals surface area contributed by atoms with Crippen LogP contribution in [0.2, 0.25) is 0 Å². The second-order valence-corrected chi connectivity index (χ2v) is 5.55. The third-order valence-electron chi connectivity index (χ3n) is 3.69. The van der Waals surface area contributed by atoms with Gasteiger partial charge >= 0.3 is 0 Å². The van der Waals surface area contributed by atoms with Crippen molar-refractivity contribution in [2.75, 3.05) is 11.9 Å². The van der Waals surface area contributed by atoms with E-state index < -0.39 is 0 Å². The van der Waals surface area contributed by atoms with Gasteiger partial charge in [-0.25, -0.2) is 4.98 Å². The van der Waals surface area contributed by atoms with Gasteiger partial charge in [0.2, 0.25) is 0 Å². The maximum atomic E-state index is 4.73. The van der Waals surface area contributed by atoms with Gasteiger partial charge in [0.1, 0.15) is 5.65 Å². The summed E-state index contributed by atoms with van der Waals surface area (Å²) in [5.41, 5.74) is 6.89. The topological polar surface area (TPSA) is 29.3 Å². The van der Waals surface area contributed by atoms with Gasteiger partial charge < -0.3 is 9.72 Å². The SMILES string of the molecule is CCCNc1ccc2nc(-c3ccc(C)cc3C)cn2c1. The first kappa shape index (κ1) is 13.7. The lowest BCUT2D eigenvalue weighted by Crippen LogP contribution is -2.00. The van der Waals surface area contributed by atoms with Gasteiger partial charge in [-0.1, -0.05) is 30.7 Å². The van der Waals surface area contributed by atoms with E-state index in [-0.39, 0.29) is 0 Å². The van der Waals surface area contributed by atoms with Crippen molar-refractivity contribution in [2.24, 2.45) is 0 Å². The number of benzene rings is 1. The standard InChI is InChI=1S/C18H21N3/c1-4-9-19-15-6-8-18-20-17(12-21(18)11-15)16-7-5-13(2)10-14(16)3/h5-8,10-12,19H,4,9H2,1-3H3. The largest absolute Gasteiger partial charge is 0.384 e. The number of nitrogens with zero attached hydrogens (tertiary/aromatic N) is 2. The second-order valence-electron chi connectivity index (χ2n) is 5.55. The molecule has 0 aliphatic rings. The summed E-state index contributed by atoms with van der Waals surface area (Å²) in [6.07, 6.45) is 5.32. The van der Waals surface area contributed by atoms with E-state index in [9.17, 15) is 0 Å². The summed E-state index contributed by atoms with van der Waals surface area (Å²) >= 11 is 0. The molecule has 2 heterocycles. The van der Waals surface area contributed by atoms with Gasteiger partial charge in [-0.3, -0.25) is 0 Å². The molecule has 0 fully saturated rings. The lowest BCUT2D eigenvalue weighted by atomic mass is 10.0. The molecule has 108 valence electrons. The van der Waals surface area contributed by atoms with Crippen LogP contribution in [0.4, 0.5) is 5.69 Å². The predicted molar refractivity (Wildman–Crippen MR) is 88.9 cm³/mol. The molecule has 0 spiro atoms. The Morgan fingerprint density at radius 3 is 2.71 bits per heavy atom. The first-order valence-corrected chi connectivity index (χ1v) is 7.47. The maximum Gasteiger partial charge on any atom is 0.137 e. The minimum atomic E-state index is 0.979. The molecule has 0 saturated carbocycles. The van der Waals surface area contributed by atoms with Crippen molar-refractivity contribution in [3.63, 3.8) is 0 Å². The summed E-state index contributed by atoms with van der Waals surface area (Å²) in [6.45, 7) is 7.41. The molecule has 0 atom stereocenters. The molecule has 0 unspecified atom stereocenters. The normalized spacial score (nSPS) is 11.0. The van der Waals surface area contributed by atoms with Crippen molar-refractivity contribution in [3.8, 4) is 11.3 Å². The summed E-state index contributed by atoms with van der Waals surface area (Å²) in [7, 11) is 0. The molecule has 3 aromatic rings. The van der Waals surface area contributed by atoms with Crippen molar-refractivity contribution in [3.05, 3.63) is 53.9 Å². The van der Waals surface area contributed by atoms with Crippen LogP contribution in [0.1, 0.15) is 24.5 Å². The molecule has 0 saturated heterocycles. The van der Waals surface area contributed by atoms with Crippen LogP contribution in [0, 0.1) is 13.8 Å². The monoisotopic (exact) mass is 279 g/mol. The first-order valence-electron chi connectivity index (χ1n) is 7.47. The second kappa shape index (κ2) is 5.60. The van der Waals surface area contributed by atoms with Crippen molar-refractivity contribution in [1.29, 1.82) is 0 Å². The minimum absolute atomic E-state index is 0.979. The Morgan fingerprint density at radius 1 is 1.10 bits per heavy atom. The number of fused-ring (bicyclic) bond motifs is 1. The predicted octanol–water partition coefficient (Wildman–Crippen LogP) is 4.44. The van der Waals surface area contributed by atoms with E-state index in [4.69, 9.17) is 4.98 Å². The number of anilines is 1. The van der Waals surface area contributed by atoms with Crippen LogP contribution in [-0.2, 0) is 0 Å². The molecule has 3 rings (SSSR count). The van der Waals surface area contributed by atoms with Crippen molar-refractivity contribution < 1.29 is 0 Å². The van der Waals surface area contributed by atoms with Crippen molar-refractivity contribution in [2.45, 2.75) is 27.2 Å². The van der Waals surface area contributed by atoms with Gasteiger partial charge in [0.15, 0.2) is 0 Å². The highest BCUT2D eigenvalue weighted by molar-refractivity contribution is 5.67. The lowest BCUT2D eigenvalue weighted by Gasteiger charge is -2.04. The molecule has 3 heteroatoms. The van der Waals surface area contributed by atoms with Gasteiger partial charge in [0, 0.05) is 24.5 Å². The Bertz CT molecular complexity index is 771. The highest BCUT2D eigenvalue weighted by atomic mass is 15.0. The van der Waals surface area contributed by atoms with Crippen LogP contribution in [0.25, 0.3) is 16.9 Å². The molecule has 0 bridgehead atoms. The van der Waals surface area contributed by atoms with Crippen LogP contribution in [0.5, 0.6) is 0 Å². The third kappa shape index (κ3) is 2.77. The van der Waals surface area contributed by atoms with E-state index in [0.717, 1.165) is 30.0 Å². The van der Waals surface area contributed by atoms with Gasteiger partial charge in [0.25, 0.3) is 0 Å². The molecule has 0 radical (unpaired) electrons. The summed E-state index contributed by atoms with van der Waals surface area (Å²) in [4.78, 5) is 4.73. The van der Waals surface area contributed by atoms with E-state index in [2.05, 4.69) is 73.2 Å². The maximum absolute atomic E-state index is 4.73. The van der Waals surface area contributed by atoms with E-state index in [1.54, 1.807) is 0 Å². The average Bonchev–Trinajstić information content (AvgIpc) is 2.87. The number of hydrogen-bond acceptors (Lipinski definition) is 2. The number of aromatic nitrogens is 2. The van der Waals surface area contributed by atoms with Crippen LogP contribution in [-0.4, -0.2) is 15.9 Å². The Kier molecular flexibility index (Phi) is 3.65. The molecule has 3 nitrogen and oxygen atoms in total. The van der Waals surface area contributed by atoms with Crippen LogP contribution < -0.4 is 5.32 Å². The number of imidazole rings is 1. The Morgan fingerprint density at radius 2 is 1.95 bits per heavy atom. The average molecular weight is 279 g/mol. The van der Waals surface area contributed by atoms with E-state index >= 15 is 0 Å². The molecule has 2 aromatic heterocycles. The molecule has 0 aliphatic carbocycles. The number of hydrogen-bond donors (Lipinski definition) is 1. The van der Waals surface area contributed by atoms with Gasteiger partial charge in [0.05, 0.1) is 11.4 Å². The minimum Gasteiger partial charge on any atom is -0.384 e. The van der Waals surface area contributed by atoms with Crippen LogP contribution in [0.15, 0.2) is 42.7 Å². The molecule has 1 N–H and O–H groups in total. The summed E-state index contributed by atoms with van der Waals surface area (Å²) in [6, 6.07) is 10.6. The fraction of sp³-hybridized carbons (Fsp3) is 0.278.